The summed E-state index contributed by atoms with van der Waals surface area (Å²) in [5.74, 6) is -1.40. The molecule has 7 nitrogen and oxygen atoms in total. The van der Waals surface area contributed by atoms with Gasteiger partial charge in [0.05, 0.1) is 16.6 Å². The summed E-state index contributed by atoms with van der Waals surface area (Å²) in [5.41, 5.74) is 2.74. The van der Waals surface area contributed by atoms with Crippen LogP contribution in [-0.4, -0.2) is 37.1 Å². The molecule has 0 unspecified atom stereocenters. The first kappa shape index (κ1) is 17.9. The highest BCUT2D eigenvalue weighted by atomic mass is 16.4. The number of hydrogen-bond acceptors (Lipinski definition) is 4. The Morgan fingerprint density at radius 3 is 2.39 bits per heavy atom. The van der Waals surface area contributed by atoms with E-state index in [2.05, 4.69) is 5.32 Å². The maximum absolute atomic E-state index is 12.3. The van der Waals surface area contributed by atoms with Gasteiger partial charge in [-0.15, -0.1) is 0 Å². The quantitative estimate of drug-likeness (QED) is 0.558. The third-order valence-electron chi connectivity index (χ3n) is 4.81. The second-order valence-corrected chi connectivity index (χ2v) is 7.28. The molecule has 0 fully saturated rings. The van der Waals surface area contributed by atoms with Crippen LogP contribution in [0.5, 0.6) is 0 Å². The van der Waals surface area contributed by atoms with Gasteiger partial charge in [-0.05, 0) is 32.0 Å². The zero-order valence-corrected chi connectivity index (χ0v) is 15.6. The summed E-state index contributed by atoms with van der Waals surface area (Å²) < 4.78 is 1.97. The number of para-hydroxylation sites is 3. The van der Waals surface area contributed by atoms with Gasteiger partial charge in [-0.25, -0.2) is 14.8 Å². The van der Waals surface area contributed by atoms with E-state index in [0.717, 1.165) is 27.5 Å². The number of carbonyl (C=O) groups is 2. The minimum absolute atomic E-state index is 0.138. The first-order chi connectivity index (χ1) is 13.4. The minimum Gasteiger partial charge on any atom is -0.480 e. The molecule has 0 saturated carbocycles. The second-order valence-electron chi connectivity index (χ2n) is 7.28. The summed E-state index contributed by atoms with van der Waals surface area (Å²) in [6.07, 6.45) is 0.138. The van der Waals surface area contributed by atoms with Crippen molar-refractivity contribution < 1.29 is 14.7 Å². The number of carboxylic acid groups (broad SMARTS) is 1. The molecule has 0 atom stereocenters. The number of fused-ring (bicyclic) bond motifs is 4. The molecule has 0 aliphatic rings. The highest BCUT2D eigenvalue weighted by Gasteiger charge is 2.28. The standard InChI is InChI=1S/C21H20N4O3/c1-21(2,20(27)28)24-17(26)11-12-25-16-10-6-3-7-13(16)18-19(25)23-15-9-5-4-8-14(15)22-18/h3-10H,11-12H2,1-2H3,(H,24,26)(H,27,28). The van der Waals surface area contributed by atoms with E-state index in [9.17, 15) is 14.7 Å². The summed E-state index contributed by atoms with van der Waals surface area (Å²) in [5, 5.41) is 12.7. The summed E-state index contributed by atoms with van der Waals surface area (Å²) in [6.45, 7) is 3.30. The molecule has 0 spiro atoms. The van der Waals surface area contributed by atoms with Crippen molar-refractivity contribution in [2.24, 2.45) is 0 Å². The summed E-state index contributed by atoms with van der Waals surface area (Å²) in [7, 11) is 0. The molecular formula is C21H20N4O3. The van der Waals surface area contributed by atoms with Gasteiger partial charge in [0.2, 0.25) is 5.91 Å². The lowest BCUT2D eigenvalue weighted by Crippen LogP contribution is -2.49. The van der Waals surface area contributed by atoms with Crippen molar-refractivity contribution in [1.82, 2.24) is 19.9 Å². The van der Waals surface area contributed by atoms with E-state index in [1.54, 1.807) is 0 Å². The number of nitrogens with one attached hydrogen (secondary N) is 1. The predicted molar refractivity (Wildman–Crippen MR) is 107 cm³/mol. The van der Waals surface area contributed by atoms with Gasteiger partial charge in [0, 0.05) is 18.4 Å². The number of hydrogen-bond donors (Lipinski definition) is 2. The molecule has 2 aromatic carbocycles. The smallest absolute Gasteiger partial charge is 0.328 e. The number of carbonyl (C=O) groups excluding carboxylic acids is 1. The van der Waals surface area contributed by atoms with Gasteiger partial charge in [0.1, 0.15) is 11.1 Å². The number of nitrogens with zero attached hydrogens (tertiary/aromatic N) is 3. The second kappa shape index (κ2) is 6.60. The SMILES string of the molecule is CC(C)(NC(=O)CCn1c2ccccc2c2nc3ccccc3nc21)C(=O)O. The fourth-order valence-corrected chi connectivity index (χ4v) is 3.29. The lowest BCUT2D eigenvalue weighted by atomic mass is 10.1. The fourth-order valence-electron chi connectivity index (χ4n) is 3.29. The molecule has 2 aromatic heterocycles. The average molecular weight is 376 g/mol. The van der Waals surface area contributed by atoms with E-state index < -0.39 is 11.5 Å². The van der Waals surface area contributed by atoms with E-state index in [0.29, 0.717) is 12.2 Å². The Hall–Kier alpha value is -3.48. The largest absolute Gasteiger partial charge is 0.480 e. The van der Waals surface area contributed by atoms with Crippen molar-refractivity contribution in [3.8, 4) is 0 Å². The van der Waals surface area contributed by atoms with Crippen LogP contribution in [0.1, 0.15) is 20.3 Å². The maximum Gasteiger partial charge on any atom is 0.328 e. The van der Waals surface area contributed by atoms with Crippen molar-refractivity contribution in [2.75, 3.05) is 0 Å². The van der Waals surface area contributed by atoms with E-state index in [1.807, 2.05) is 53.1 Å². The van der Waals surface area contributed by atoms with Gasteiger partial charge in [-0.1, -0.05) is 30.3 Å². The summed E-state index contributed by atoms with van der Waals surface area (Å²) in [4.78, 5) is 33.1. The first-order valence-corrected chi connectivity index (χ1v) is 9.05. The van der Waals surface area contributed by atoms with Crippen LogP contribution in [0.4, 0.5) is 0 Å². The molecule has 4 rings (SSSR count). The Bertz CT molecular complexity index is 1230. The van der Waals surface area contributed by atoms with Crippen LogP contribution in [0, 0.1) is 0 Å². The van der Waals surface area contributed by atoms with Gasteiger partial charge in [-0.2, -0.15) is 0 Å². The molecule has 2 N–H and O–H groups in total. The number of aryl methyl sites for hydroxylation is 1. The van der Waals surface area contributed by atoms with Crippen LogP contribution >= 0.6 is 0 Å². The summed E-state index contributed by atoms with van der Waals surface area (Å²) >= 11 is 0. The third kappa shape index (κ3) is 3.05. The molecule has 28 heavy (non-hydrogen) atoms. The van der Waals surface area contributed by atoms with Gasteiger partial charge in [-0.3, -0.25) is 4.79 Å². The van der Waals surface area contributed by atoms with Crippen LogP contribution in [0.15, 0.2) is 48.5 Å². The molecule has 142 valence electrons. The molecule has 2 heterocycles. The Morgan fingerprint density at radius 2 is 1.68 bits per heavy atom. The van der Waals surface area contributed by atoms with E-state index in [-0.39, 0.29) is 12.3 Å². The highest BCUT2D eigenvalue weighted by Crippen LogP contribution is 2.28. The van der Waals surface area contributed by atoms with Gasteiger partial charge in [0.15, 0.2) is 5.65 Å². The van der Waals surface area contributed by atoms with E-state index >= 15 is 0 Å². The van der Waals surface area contributed by atoms with Crippen molar-refractivity contribution in [3.05, 3.63) is 48.5 Å². The van der Waals surface area contributed by atoms with Crippen molar-refractivity contribution in [1.29, 1.82) is 0 Å². The number of benzene rings is 2. The number of rotatable bonds is 5. The van der Waals surface area contributed by atoms with Gasteiger partial charge in [0.25, 0.3) is 0 Å². The van der Waals surface area contributed by atoms with Crippen LogP contribution in [0.2, 0.25) is 0 Å². The number of aromatic nitrogens is 3. The minimum atomic E-state index is -1.31. The molecule has 4 aromatic rings. The molecule has 1 amide bonds. The van der Waals surface area contributed by atoms with Crippen molar-refractivity contribution >= 4 is 45.0 Å². The lowest BCUT2D eigenvalue weighted by Gasteiger charge is -2.21. The maximum atomic E-state index is 12.3. The Morgan fingerprint density at radius 1 is 1.04 bits per heavy atom. The number of carboxylic acids is 1. The van der Waals surface area contributed by atoms with Crippen molar-refractivity contribution in [3.63, 3.8) is 0 Å². The van der Waals surface area contributed by atoms with Gasteiger partial charge < -0.3 is 15.0 Å². The summed E-state index contributed by atoms with van der Waals surface area (Å²) in [6, 6.07) is 15.5. The molecule has 0 aliphatic heterocycles. The molecule has 0 bridgehead atoms. The van der Waals surface area contributed by atoms with E-state index in [4.69, 9.17) is 9.97 Å². The fraction of sp³-hybridized carbons (Fsp3) is 0.238. The zero-order chi connectivity index (χ0) is 19.9. The predicted octanol–water partition coefficient (Wildman–Crippen LogP) is 3.11. The average Bonchev–Trinajstić information content (AvgIpc) is 2.97. The Labute approximate surface area is 161 Å². The number of amides is 1. The van der Waals surface area contributed by atoms with Crippen molar-refractivity contribution in [2.45, 2.75) is 32.4 Å². The van der Waals surface area contributed by atoms with Crippen LogP contribution in [-0.2, 0) is 16.1 Å². The third-order valence-corrected chi connectivity index (χ3v) is 4.81. The normalized spacial score (nSPS) is 11.9. The molecule has 0 radical (unpaired) electrons. The monoisotopic (exact) mass is 376 g/mol. The van der Waals surface area contributed by atoms with Crippen LogP contribution < -0.4 is 5.32 Å². The van der Waals surface area contributed by atoms with Gasteiger partial charge >= 0.3 is 5.97 Å². The number of aliphatic carboxylic acids is 1. The topological polar surface area (TPSA) is 97.1 Å². The van der Waals surface area contributed by atoms with E-state index in [1.165, 1.54) is 13.8 Å². The molecular weight excluding hydrogens is 356 g/mol. The van der Waals surface area contributed by atoms with Crippen LogP contribution in [0.3, 0.4) is 0 Å². The molecule has 0 aliphatic carbocycles. The Kier molecular flexibility index (Phi) is 4.22. The van der Waals surface area contributed by atoms with Crippen LogP contribution in [0.25, 0.3) is 33.1 Å². The highest BCUT2D eigenvalue weighted by molar-refractivity contribution is 6.06. The zero-order valence-electron chi connectivity index (χ0n) is 15.6. The molecule has 7 heteroatoms. The Balaban J connectivity index is 1.74. The first-order valence-electron chi connectivity index (χ1n) is 9.05. The lowest BCUT2D eigenvalue weighted by molar-refractivity contribution is -0.146. The molecule has 0 saturated heterocycles.